The fraction of sp³-hybridized carbons (Fsp3) is 0.261. The molecule has 1 aliphatic rings. The number of rotatable bonds is 8. The van der Waals surface area contributed by atoms with Crippen molar-refractivity contribution < 1.29 is 14.7 Å². The Balaban J connectivity index is 1.56. The lowest BCUT2D eigenvalue weighted by Gasteiger charge is -2.48. The van der Waals surface area contributed by atoms with E-state index in [-0.39, 0.29) is 17.9 Å². The third kappa shape index (κ3) is 4.30. The van der Waals surface area contributed by atoms with Crippen molar-refractivity contribution in [1.29, 1.82) is 0 Å². The first kappa shape index (κ1) is 21.0. The third-order valence-corrected chi connectivity index (χ3v) is 6.48. The third-order valence-electron chi connectivity index (χ3n) is 5.64. The van der Waals surface area contributed by atoms with Crippen LogP contribution in [0.2, 0.25) is 0 Å². The van der Waals surface area contributed by atoms with Gasteiger partial charge >= 0.3 is 5.97 Å². The predicted molar refractivity (Wildman–Crippen MR) is 119 cm³/mol. The van der Waals surface area contributed by atoms with Crippen LogP contribution in [0.3, 0.4) is 0 Å². The molecule has 1 saturated heterocycles. The molecule has 1 fully saturated rings. The van der Waals surface area contributed by atoms with Crippen LogP contribution in [0.15, 0.2) is 66.9 Å². The van der Waals surface area contributed by atoms with Crippen LogP contribution in [0, 0.1) is 11.8 Å². The van der Waals surface area contributed by atoms with E-state index in [4.69, 9.17) is 5.73 Å². The number of nitrogen functional groups attached to an aromatic ring is 1. The number of amides is 1. The topological polar surface area (TPSA) is 109 Å². The number of thiazole rings is 1. The van der Waals surface area contributed by atoms with E-state index >= 15 is 0 Å². The Morgan fingerprint density at radius 2 is 1.74 bits per heavy atom. The molecule has 3 atom stereocenters. The molecule has 0 bridgehead atoms. The van der Waals surface area contributed by atoms with Crippen molar-refractivity contribution >= 4 is 28.3 Å². The van der Waals surface area contributed by atoms with Gasteiger partial charge in [-0.25, -0.2) is 15.2 Å². The van der Waals surface area contributed by atoms with Crippen molar-refractivity contribution in [3.8, 4) is 0 Å². The molecule has 0 radical (unpaired) electrons. The van der Waals surface area contributed by atoms with Crippen LogP contribution in [0.4, 0.5) is 5.13 Å². The lowest BCUT2D eigenvalue weighted by molar-refractivity contribution is -0.181. The molecule has 8 heteroatoms. The summed E-state index contributed by atoms with van der Waals surface area (Å²) in [6, 6.07) is 18.1. The highest BCUT2D eigenvalue weighted by atomic mass is 32.1. The van der Waals surface area contributed by atoms with Gasteiger partial charge in [0.25, 0.3) is 0 Å². The van der Waals surface area contributed by atoms with E-state index in [1.54, 1.807) is 6.20 Å². The number of benzene rings is 2. The molecule has 3 unspecified atom stereocenters. The summed E-state index contributed by atoms with van der Waals surface area (Å²) in [5.41, 5.74) is 10.8. The van der Waals surface area contributed by atoms with Crippen LogP contribution >= 0.6 is 11.3 Å². The maximum Gasteiger partial charge on any atom is 0.328 e. The molecule has 0 saturated carbocycles. The number of aliphatic carboxylic acids is 1. The first-order valence-corrected chi connectivity index (χ1v) is 10.9. The molecule has 1 aromatic heterocycles. The quantitative estimate of drug-likeness (QED) is 0.468. The molecule has 2 heterocycles. The number of carboxylic acid groups (broad SMARTS) is 1. The zero-order valence-corrected chi connectivity index (χ0v) is 17.8. The van der Waals surface area contributed by atoms with Crippen molar-refractivity contribution in [3.63, 3.8) is 0 Å². The van der Waals surface area contributed by atoms with E-state index in [1.165, 1.54) is 16.3 Å². The molecule has 160 valence electrons. The summed E-state index contributed by atoms with van der Waals surface area (Å²) < 4.78 is 0. The summed E-state index contributed by atoms with van der Waals surface area (Å²) in [4.78, 5) is 30.2. The van der Waals surface area contributed by atoms with E-state index in [0.717, 1.165) is 16.0 Å². The number of carbonyl (C=O) groups is 2. The summed E-state index contributed by atoms with van der Waals surface area (Å²) in [6.07, 6.45) is 2.25. The Labute approximate surface area is 184 Å². The number of anilines is 1. The smallest absolute Gasteiger partial charge is 0.328 e. The molecule has 2 aromatic carbocycles. The number of nitrogens with zero attached hydrogens (tertiary/aromatic N) is 2. The number of nitrogens with one attached hydrogen (secondary N) is 1. The Morgan fingerprint density at radius 1 is 1.16 bits per heavy atom. The molecule has 0 spiro atoms. The average Bonchev–Trinajstić information content (AvgIpc) is 3.17. The summed E-state index contributed by atoms with van der Waals surface area (Å²) >= 11 is 1.36. The maximum atomic E-state index is 13.1. The number of β-lactam (4-membered cyclic amide) rings is 1. The maximum absolute atomic E-state index is 13.1. The largest absolute Gasteiger partial charge is 0.480 e. The van der Waals surface area contributed by atoms with Crippen LogP contribution in [0.25, 0.3) is 0 Å². The Bertz CT molecular complexity index is 1020. The van der Waals surface area contributed by atoms with Gasteiger partial charge in [0.1, 0.15) is 0 Å². The van der Waals surface area contributed by atoms with Gasteiger partial charge in [-0.05, 0) is 23.5 Å². The van der Waals surface area contributed by atoms with E-state index in [2.05, 4.69) is 10.4 Å². The SMILES string of the molecule is CC(Cc1cnc(N)s1)C1C(=O)N(NC(c2ccccc2)c2ccccc2)C1C(=O)O. The zero-order chi connectivity index (χ0) is 22.0. The van der Waals surface area contributed by atoms with Gasteiger partial charge in [-0.1, -0.05) is 67.6 Å². The molecule has 31 heavy (non-hydrogen) atoms. The molecule has 0 aliphatic carbocycles. The van der Waals surface area contributed by atoms with Crippen LogP contribution in [0.1, 0.15) is 29.0 Å². The van der Waals surface area contributed by atoms with Gasteiger partial charge in [0.15, 0.2) is 11.2 Å². The molecule has 1 aliphatic heterocycles. The Hall–Kier alpha value is -3.23. The fourth-order valence-electron chi connectivity index (χ4n) is 4.11. The first-order chi connectivity index (χ1) is 15.0. The van der Waals surface area contributed by atoms with Gasteiger partial charge in [0, 0.05) is 11.1 Å². The molecule has 1 amide bonds. The molecule has 4 N–H and O–H groups in total. The van der Waals surface area contributed by atoms with Crippen molar-refractivity contribution in [1.82, 2.24) is 15.4 Å². The zero-order valence-electron chi connectivity index (χ0n) is 17.0. The molecule has 3 aromatic rings. The highest BCUT2D eigenvalue weighted by Gasteiger charge is 2.54. The van der Waals surface area contributed by atoms with Gasteiger partial charge in [-0.15, -0.1) is 11.3 Å². The lowest BCUT2D eigenvalue weighted by Crippen LogP contribution is -2.70. The van der Waals surface area contributed by atoms with Crippen molar-refractivity contribution in [2.24, 2.45) is 11.8 Å². The van der Waals surface area contributed by atoms with Gasteiger partial charge in [0.2, 0.25) is 5.91 Å². The van der Waals surface area contributed by atoms with Crippen LogP contribution < -0.4 is 11.2 Å². The first-order valence-electron chi connectivity index (χ1n) is 10.1. The normalized spacial score (nSPS) is 19.3. The molecule has 4 rings (SSSR count). The number of aromatic nitrogens is 1. The summed E-state index contributed by atoms with van der Waals surface area (Å²) in [6.45, 7) is 1.90. The van der Waals surface area contributed by atoms with E-state index in [1.807, 2.05) is 67.6 Å². The minimum atomic E-state index is -1.02. The number of hydrogen-bond acceptors (Lipinski definition) is 6. The lowest BCUT2D eigenvalue weighted by atomic mass is 9.77. The standard InChI is InChI=1S/C23H24N4O3S/c1-14(12-17-13-25-23(24)31-17)18-20(22(29)30)27(21(18)28)26-19(15-8-4-2-5-9-15)16-10-6-3-7-11-16/h2-11,13-14,18-20,26H,12H2,1H3,(H2,24,25)(H,29,30). The van der Waals surface area contributed by atoms with Crippen molar-refractivity contribution in [2.75, 3.05) is 5.73 Å². The number of carboxylic acids is 1. The summed E-state index contributed by atoms with van der Waals surface area (Å²) in [7, 11) is 0. The minimum absolute atomic E-state index is 0.154. The Kier molecular flexibility index (Phi) is 6.01. The Morgan fingerprint density at radius 3 is 2.23 bits per heavy atom. The average molecular weight is 437 g/mol. The van der Waals surface area contributed by atoms with Gasteiger partial charge in [-0.3, -0.25) is 9.80 Å². The van der Waals surface area contributed by atoms with Gasteiger partial charge in [0.05, 0.1) is 12.0 Å². The summed E-state index contributed by atoms with van der Waals surface area (Å²) in [5.74, 6) is -2.00. The second kappa shape index (κ2) is 8.87. The number of hydrogen-bond donors (Lipinski definition) is 3. The van der Waals surface area contributed by atoms with Crippen LogP contribution in [0.5, 0.6) is 0 Å². The van der Waals surface area contributed by atoms with E-state index in [9.17, 15) is 14.7 Å². The number of hydrazine groups is 1. The monoisotopic (exact) mass is 436 g/mol. The molecular weight excluding hydrogens is 412 g/mol. The highest BCUT2D eigenvalue weighted by molar-refractivity contribution is 7.15. The van der Waals surface area contributed by atoms with Gasteiger partial charge in [-0.2, -0.15) is 0 Å². The van der Waals surface area contributed by atoms with Gasteiger partial charge < -0.3 is 10.8 Å². The second-order valence-corrected chi connectivity index (χ2v) is 8.89. The van der Waals surface area contributed by atoms with Crippen molar-refractivity contribution in [2.45, 2.75) is 25.4 Å². The van der Waals surface area contributed by atoms with E-state index < -0.39 is 17.9 Å². The predicted octanol–water partition coefficient (Wildman–Crippen LogP) is 3.11. The second-order valence-electron chi connectivity index (χ2n) is 7.75. The fourth-order valence-corrected chi connectivity index (χ4v) is 4.93. The summed E-state index contributed by atoms with van der Waals surface area (Å²) in [5, 5.41) is 11.6. The van der Waals surface area contributed by atoms with Crippen molar-refractivity contribution in [3.05, 3.63) is 82.9 Å². The number of nitrogens with two attached hydrogens (primary N) is 1. The number of carbonyl (C=O) groups excluding carboxylic acids is 1. The van der Waals surface area contributed by atoms with Crippen LogP contribution in [-0.4, -0.2) is 33.0 Å². The molecule has 7 nitrogen and oxygen atoms in total. The molecular formula is C23H24N4O3S. The van der Waals surface area contributed by atoms with E-state index in [0.29, 0.717) is 11.6 Å². The minimum Gasteiger partial charge on any atom is -0.480 e. The van der Waals surface area contributed by atoms with Crippen LogP contribution in [-0.2, 0) is 16.0 Å². The highest BCUT2D eigenvalue weighted by Crippen LogP contribution is 2.36.